The van der Waals surface area contributed by atoms with Crippen molar-refractivity contribution >= 4 is 15.9 Å². The van der Waals surface area contributed by atoms with Crippen molar-refractivity contribution in [2.24, 2.45) is 11.3 Å². The van der Waals surface area contributed by atoms with Gasteiger partial charge in [0.15, 0.2) is 0 Å². The average Bonchev–Trinajstić information content (AvgIpc) is 2.29. The first-order valence-corrected chi connectivity index (χ1v) is 7.70. The summed E-state index contributed by atoms with van der Waals surface area (Å²) in [6.45, 7) is 6.88. The van der Waals surface area contributed by atoms with Gasteiger partial charge >= 0.3 is 0 Å². The number of rotatable bonds is 4. The molecule has 0 bridgehead atoms. The first-order chi connectivity index (χ1) is 7.79. The van der Waals surface area contributed by atoms with Crippen molar-refractivity contribution in [2.45, 2.75) is 33.6 Å². The molecule has 1 unspecified atom stereocenters. The highest BCUT2D eigenvalue weighted by atomic mass is 32.2. The van der Waals surface area contributed by atoms with Crippen LogP contribution in [0.1, 0.15) is 33.6 Å². The average molecular weight is 262 g/mol. The maximum Gasteiger partial charge on any atom is 0.239 e. The fourth-order valence-electron chi connectivity index (χ4n) is 2.00. The molecule has 1 rings (SSSR count). The van der Waals surface area contributed by atoms with Gasteiger partial charge in [-0.05, 0) is 38.8 Å². The lowest BCUT2D eigenvalue weighted by Gasteiger charge is -2.35. The van der Waals surface area contributed by atoms with Gasteiger partial charge in [-0.2, -0.15) is 0 Å². The Kier molecular flexibility index (Phi) is 4.55. The van der Waals surface area contributed by atoms with E-state index in [-0.39, 0.29) is 11.7 Å². The predicted octanol–water partition coefficient (Wildman–Crippen LogP) is 0.478. The second-order valence-electron chi connectivity index (χ2n) is 5.10. The fraction of sp³-hybridized carbons (Fsp3) is 0.909. The molecule has 1 saturated heterocycles. The topological polar surface area (TPSA) is 75.3 Å². The quantitative estimate of drug-likeness (QED) is 0.772. The lowest BCUT2D eigenvalue weighted by atomic mass is 9.74. The highest BCUT2D eigenvalue weighted by Crippen LogP contribution is 2.32. The summed E-state index contributed by atoms with van der Waals surface area (Å²) >= 11 is 0. The molecule has 0 spiro atoms. The van der Waals surface area contributed by atoms with E-state index in [0.717, 1.165) is 25.9 Å². The number of carbonyl (C=O) groups is 1. The van der Waals surface area contributed by atoms with Crippen molar-refractivity contribution in [1.82, 2.24) is 10.0 Å². The molecule has 1 heterocycles. The van der Waals surface area contributed by atoms with E-state index >= 15 is 0 Å². The second kappa shape index (κ2) is 5.35. The van der Waals surface area contributed by atoms with Gasteiger partial charge in [0.05, 0.1) is 5.75 Å². The fourth-order valence-corrected chi connectivity index (χ4v) is 2.69. The summed E-state index contributed by atoms with van der Waals surface area (Å²) in [5.41, 5.74) is -0.657. The Morgan fingerprint density at radius 1 is 1.47 bits per heavy atom. The van der Waals surface area contributed by atoms with Gasteiger partial charge in [0, 0.05) is 5.41 Å². The van der Waals surface area contributed by atoms with Crippen LogP contribution in [0.15, 0.2) is 0 Å². The molecule has 1 aliphatic heterocycles. The monoisotopic (exact) mass is 262 g/mol. The van der Waals surface area contributed by atoms with Gasteiger partial charge in [0.2, 0.25) is 15.9 Å². The van der Waals surface area contributed by atoms with Crippen LogP contribution < -0.4 is 10.0 Å². The van der Waals surface area contributed by atoms with Crippen molar-refractivity contribution < 1.29 is 13.2 Å². The molecule has 2 N–H and O–H groups in total. The van der Waals surface area contributed by atoms with Crippen LogP contribution in [0.25, 0.3) is 0 Å². The highest BCUT2D eigenvalue weighted by Gasteiger charge is 2.38. The van der Waals surface area contributed by atoms with E-state index in [0.29, 0.717) is 0 Å². The molecule has 0 aromatic carbocycles. The molecule has 0 saturated carbocycles. The summed E-state index contributed by atoms with van der Waals surface area (Å²) in [4.78, 5) is 12.0. The minimum absolute atomic E-state index is 0.0717. The van der Waals surface area contributed by atoms with Crippen LogP contribution in [0.3, 0.4) is 0 Å². The van der Waals surface area contributed by atoms with Crippen LogP contribution in [0.4, 0.5) is 0 Å². The van der Waals surface area contributed by atoms with Crippen molar-refractivity contribution in [2.75, 3.05) is 18.8 Å². The molecule has 0 aliphatic carbocycles. The number of amides is 1. The van der Waals surface area contributed by atoms with E-state index in [4.69, 9.17) is 0 Å². The van der Waals surface area contributed by atoms with E-state index in [9.17, 15) is 13.2 Å². The molecule has 5 nitrogen and oxygen atoms in total. The molecule has 0 radical (unpaired) electrons. The van der Waals surface area contributed by atoms with E-state index in [2.05, 4.69) is 10.0 Å². The van der Waals surface area contributed by atoms with E-state index in [1.165, 1.54) is 6.92 Å². The highest BCUT2D eigenvalue weighted by molar-refractivity contribution is 7.90. The molecular weight excluding hydrogens is 240 g/mol. The van der Waals surface area contributed by atoms with Crippen LogP contribution in [0.5, 0.6) is 0 Å². The Morgan fingerprint density at radius 2 is 2.12 bits per heavy atom. The third kappa shape index (κ3) is 3.67. The number of piperidine rings is 1. The molecule has 1 amide bonds. The third-order valence-corrected chi connectivity index (χ3v) is 4.79. The van der Waals surface area contributed by atoms with Crippen LogP contribution in [0.2, 0.25) is 0 Å². The summed E-state index contributed by atoms with van der Waals surface area (Å²) in [5.74, 6) is -0.283. The maximum atomic E-state index is 12.0. The van der Waals surface area contributed by atoms with Gasteiger partial charge in [-0.25, -0.2) is 8.42 Å². The van der Waals surface area contributed by atoms with Crippen molar-refractivity contribution in [1.29, 1.82) is 0 Å². The van der Waals surface area contributed by atoms with Gasteiger partial charge in [-0.15, -0.1) is 0 Å². The molecule has 0 aromatic rings. The zero-order valence-electron chi connectivity index (χ0n) is 10.7. The van der Waals surface area contributed by atoms with Gasteiger partial charge in [-0.3, -0.25) is 9.52 Å². The van der Waals surface area contributed by atoms with Gasteiger partial charge in [0.1, 0.15) is 0 Å². The second-order valence-corrected chi connectivity index (χ2v) is 7.11. The van der Waals surface area contributed by atoms with Gasteiger partial charge in [-0.1, -0.05) is 13.8 Å². The van der Waals surface area contributed by atoms with Crippen molar-refractivity contribution in [3.63, 3.8) is 0 Å². The molecule has 1 atom stereocenters. The van der Waals surface area contributed by atoms with Gasteiger partial charge < -0.3 is 5.32 Å². The molecule has 100 valence electrons. The lowest BCUT2D eigenvalue weighted by Crippen LogP contribution is -2.49. The number of nitrogens with one attached hydrogen (secondary N) is 2. The summed E-state index contributed by atoms with van der Waals surface area (Å²) < 4.78 is 24.9. The largest absolute Gasteiger partial charge is 0.316 e. The Hall–Kier alpha value is -0.620. The summed E-state index contributed by atoms with van der Waals surface area (Å²) in [5, 5.41) is 3.24. The Morgan fingerprint density at radius 3 is 2.59 bits per heavy atom. The standard InChI is InChI=1S/C11H22N2O3S/c1-4-17(15,16)13-10(14)11(2,3)9-6-5-7-12-8-9/h9,12H,4-8H2,1-3H3,(H,13,14). The Labute approximate surface area is 103 Å². The SMILES string of the molecule is CCS(=O)(=O)NC(=O)C(C)(C)C1CCCNC1. The van der Waals surface area contributed by atoms with E-state index in [1.54, 1.807) is 0 Å². The third-order valence-electron chi connectivity index (χ3n) is 3.53. The molecule has 0 aromatic heterocycles. The molecule has 1 fully saturated rings. The van der Waals surface area contributed by atoms with Crippen LogP contribution >= 0.6 is 0 Å². The first-order valence-electron chi connectivity index (χ1n) is 6.05. The van der Waals surface area contributed by atoms with Crippen LogP contribution in [0, 0.1) is 11.3 Å². The molecule has 6 heteroatoms. The molecule has 17 heavy (non-hydrogen) atoms. The summed E-state index contributed by atoms with van der Waals surface area (Å²) in [6, 6.07) is 0. The molecule has 1 aliphatic rings. The van der Waals surface area contributed by atoms with Crippen molar-refractivity contribution in [3.05, 3.63) is 0 Å². The summed E-state index contributed by atoms with van der Waals surface area (Å²) in [6.07, 6.45) is 1.99. The Bertz CT molecular complexity index is 370. The number of carbonyl (C=O) groups excluding carboxylic acids is 1. The number of hydrogen-bond acceptors (Lipinski definition) is 4. The zero-order valence-corrected chi connectivity index (χ0v) is 11.6. The maximum absolute atomic E-state index is 12.0. The van der Waals surface area contributed by atoms with Crippen LogP contribution in [-0.2, 0) is 14.8 Å². The minimum Gasteiger partial charge on any atom is -0.316 e. The first kappa shape index (κ1) is 14.4. The van der Waals surface area contributed by atoms with Crippen molar-refractivity contribution in [3.8, 4) is 0 Å². The smallest absolute Gasteiger partial charge is 0.239 e. The Balaban J connectivity index is 2.72. The minimum atomic E-state index is -3.46. The lowest BCUT2D eigenvalue weighted by molar-refractivity contribution is -0.130. The summed E-state index contributed by atoms with van der Waals surface area (Å²) in [7, 11) is -3.46. The van der Waals surface area contributed by atoms with Gasteiger partial charge in [0.25, 0.3) is 0 Å². The van der Waals surface area contributed by atoms with E-state index < -0.39 is 21.3 Å². The molecular formula is C11H22N2O3S. The van der Waals surface area contributed by atoms with Crippen LogP contribution in [-0.4, -0.2) is 33.2 Å². The predicted molar refractivity (Wildman–Crippen MR) is 67.0 cm³/mol. The normalized spacial score (nSPS) is 22.2. The number of sulfonamides is 1. The van der Waals surface area contributed by atoms with E-state index in [1.807, 2.05) is 13.8 Å². The number of hydrogen-bond donors (Lipinski definition) is 2. The zero-order chi connectivity index (χ0) is 13.1.